The fourth-order valence-electron chi connectivity index (χ4n) is 2.70. The molecule has 4 nitrogen and oxygen atoms in total. The third-order valence-electron chi connectivity index (χ3n) is 4.23. The normalized spacial score (nSPS) is 34.0. The molecule has 2 heterocycles. The Bertz CT molecular complexity index is 345. The highest BCUT2D eigenvalue weighted by atomic mass is 32.2. The molecule has 2 fully saturated rings. The summed E-state index contributed by atoms with van der Waals surface area (Å²) in [4.78, 5) is 2.36. The quantitative estimate of drug-likeness (QED) is 0.759. The maximum absolute atomic E-state index is 11.4. The SMILES string of the molecule is CNC1(C)CCN(C2CCS(=O)(=O)C2)CC1. The van der Waals surface area contributed by atoms with Gasteiger partial charge in [-0.25, -0.2) is 8.42 Å². The van der Waals surface area contributed by atoms with Crippen molar-refractivity contribution >= 4 is 9.84 Å². The Balaban J connectivity index is 1.91. The molecule has 16 heavy (non-hydrogen) atoms. The average molecular weight is 246 g/mol. The zero-order chi connectivity index (χ0) is 11.8. The molecule has 2 saturated heterocycles. The van der Waals surface area contributed by atoms with Crippen LogP contribution in [-0.4, -0.2) is 56.5 Å². The molecule has 0 aromatic heterocycles. The number of likely N-dealkylation sites (tertiary alicyclic amines) is 1. The lowest BCUT2D eigenvalue weighted by Gasteiger charge is -2.41. The van der Waals surface area contributed by atoms with Crippen LogP contribution in [0.25, 0.3) is 0 Å². The first-order valence-corrected chi connectivity index (χ1v) is 7.90. The largest absolute Gasteiger partial charge is 0.314 e. The van der Waals surface area contributed by atoms with Crippen LogP contribution in [0.15, 0.2) is 0 Å². The van der Waals surface area contributed by atoms with E-state index in [4.69, 9.17) is 0 Å². The maximum atomic E-state index is 11.4. The van der Waals surface area contributed by atoms with Crippen molar-refractivity contribution in [3.63, 3.8) is 0 Å². The number of hydrogen-bond donors (Lipinski definition) is 1. The van der Waals surface area contributed by atoms with Gasteiger partial charge in [0.1, 0.15) is 0 Å². The molecule has 5 heteroatoms. The van der Waals surface area contributed by atoms with Gasteiger partial charge in [-0.05, 0) is 33.2 Å². The Kier molecular flexibility index (Phi) is 3.29. The van der Waals surface area contributed by atoms with Gasteiger partial charge in [0.15, 0.2) is 9.84 Å². The molecular formula is C11H22N2O2S. The highest BCUT2D eigenvalue weighted by Crippen LogP contribution is 2.26. The van der Waals surface area contributed by atoms with Crippen LogP contribution in [-0.2, 0) is 9.84 Å². The summed E-state index contributed by atoms with van der Waals surface area (Å²) in [5.41, 5.74) is 0.244. The predicted molar refractivity (Wildman–Crippen MR) is 65.3 cm³/mol. The number of nitrogens with one attached hydrogen (secondary N) is 1. The van der Waals surface area contributed by atoms with E-state index in [0.29, 0.717) is 11.5 Å². The van der Waals surface area contributed by atoms with Crippen LogP contribution >= 0.6 is 0 Å². The zero-order valence-corrected chi connectivity index (χ0v) is 11.0. The van der Waals surface area contributed by atoms with Gasteiger partial charge in [0.05, 0.1) is 11.5 Å². The molecule has 1 atom stereocenters. The molecule has 2 aliphatic heterocycles. The molecule has 0 amide bonds. The fraction of sp³-hybridized carbons (Fsp3) is 1.00. The Morgan fingerprint density at radius 3 is 2.38 bits per heavy atom. The van der Waals surface area contributed by atoms with Crippen molar-refractivity contribution < 1.29 is 8.42 Å². The van der Waals surface area contributed by atoms with Crippen LogP contribution in [0.5, 0.6) is 0 Å². The Morgan fingerprint density at radius 2 is 1.94 bits per heavy atom. The van der Waals surface area contributed by atoms with E-state index in [9.17, 15) is 8.42 Å². The van der Waals surface area contributed by atoms with Gasteiger partial charge in [0, 0.05) is 24.7 Å². The van der Waals surface area contributed by atoms with E-state index in [1.165, 1.54) is 0 Å². The third kappa shape index (κ3) is 2.57. The molecule has 1 N–H and O–H groups in total. The van der Waals surface area contributed by atoms with Crippen LogP contribution in [0.4, 0.5) is 0 Å². The van der Waals surface area contributed by atoms with Gasteiger partial charge in [-0.15, -0.1) is 0 Å². The minimum atomic E-state index is -2.74. The third-order valence-corrected chi connectivity index (χ3v) is 5.98. The molecule has 0 aliphatic carbocycles. The van der Waals surface area contributed by atoms with Crippen molar-refractivity contribution in [3.05, 3.63) is 0 Å². The number of rotatable bonds is 2. The van der Waals surface area contributed by atoms with Crippen molar-refractivity contribution in [1.82, 2.24) is 10.2 Å². The van der Waals surface area contributed by atoms with Crippen LogP contribution in [0, 0.1) is 0 Å². The lowest BCUT2D eigenvalue weighted by atomic mass is 9.89. The van der Waals surface area contributed by atoms with Crippen molar-refractivity contribution in [3.8, 4) is 0 Å². The first-order valence-electron chi connectivity index (χ1n) is 6.07. The molecule has 0 aromatic rings. The van der Waals surface area contributed by atoms with Crippen molar-refractivity contribution in [2.75, 3.05) is 31.6 Å². The molecular weight excluding hydrogens is 224 g/mol. The van der Waals surface area contributed by atoms with Gasteiger partial charge in [-0.3, -0.25) is 4.90 Å². The zero-order valence-electron chi connectivity index (χ0n) is 10.2. The highest BCUT2D eigenvalue weighted by molar-refractivity contribution is 7.91. The van der Waals surface area contributed by atoms with Crippen molar-refractivity contribution in [2.45, 2.75) is 37.8 Å². The minimum Gasteiger partial charge on any atom is -0.314 e. The van der Waals surface area contributed by atoms with E-state index < -0.39 is 9.84 Å². The summed E-state index contributed by atoms with van der Waals surface area (Å²) < 4.78 is 22.9. The first kappa shape index (κ1) is 12.3. The van der Waals surface area contributed by atoms with Gasteiger partial charge >= 0.3 is 0 Å². The van der Waals surface area contributed by atoms with Gasteiger partial charge in [-0.2, -0.15) is 0 Å². The molecule has 0 radical (unpaired) electrons. The molecule has 0 aromatic carbocycles. The number of piperidine rings is 1. The lowest BCUT2D eigenvalue weighted by Crippen LogP contribution is -2.52. The first-order chi connectivity index (χ1) is 7.44. The van der Waals surface area contributed by atoms with E-state index in [2.05, 4.69) is 17.1 Å². The van der Waals surface area contributed by atoms with E-state index >= 15 is 0 Å². The summed E-state index contributed by atoms with van der Waals surface area (Å²) in [5, 5.41) is 3.36. The van der Waals surface area contributed by atoms with Gasteiger partial charge < -0.3 is 5.32 Å². The Morgan fingerprint density at radius 1 is 1.31 bits per heavy atom. The van der Waals surface area contributed by atoms with E-state index in [1.54, 1.807) is 0 Å². The second-order valence-corrected chi connectivity index (χ2v) is 7.63. The van der Waals surface area contributed by atoms with Gasteiger partial charge in [0.25, 0.3) is 0 Å². The highest BCUT2D eigenvalue weighted by Gasteiger charge is 2.36. The average Bonchev–Trinajstić information content (AvgIpc) is 2.60. The molecule has 0 bridgehead atoms. The van der Waals surface area contributed by atoms with Crippen LogP contribution in [0.1, 0.15) is 26.2 Å². The summed E-state index contributed by atoms with van der Waals surface area (Å²) in [6.07, 6.45) is 3.05. The smallest absolute Gasteiger partial charge is 0.151 e. The standard InChI is InChI=1S/C11H22N2O2S/c1-11(12-2)4-6-13(7-5-11)10-3-8-16(14,15)9-10/h10,12H,3-9H2,1-2H3. The molecule has 2 aliphatic rings. The molecule has 0 saturated carbocycles. The molecule has 0 spiro atoms. The maximum Gasteiger partial charge on any atom is 0.151 e. The van der Waals surface area contributed by atoms with E-state index in [1.807, 2.05) is 7.05 Å². The summed E-state index contributed by atoms with van der Waals surface area (Å²) in [7, 11) is -0.727. The molecule has 1 unspecified atom stereocenters. The summed E-state index contributed by atoms with van der Waals surface area (Å²) in [6.45, 7) is 4.30. The van der Waals surface area contributed by atoms with Gasteiger partial charge in [-0.1, -0.05) is 0 Å². The number of hydrogen-bond acceptors (Lipinski definition) is 4. The molecule has 2 rings (SSSR count). The Hall–Kier alpha value is -0.130. The summed E-state index contributed by atoms with van der Waals surface area (Å²) >= 11 is 0. The fourth-order valence-corrected chi connectivity index (χ4v) is 4.46. The van der Waals surface area contributed by atoms with Crippen LogP contribution in [0.3, 0.4) is 0 Å². The van der Waals surface area contributed by atoms with Crippen molar-refractivity contribution in [2.24, 2.45) is 0 Å². The van der Waals surface area contributed by atoms with E-state index in [-0.39, 0.29) is 11.6 Å². The predicted octanol–water partition coefficient (Wildman–Crippen LogP) is 0.247. The number of nitrogens with zero attached hydrogens (tertiary/aromatic N) is 1. The minimum absolute atomic E-state index is 0.244. The summed E-state index contributed by atoms with van der Waals surface area (Å²) in [5.74, 6) is 0.765. The second-order valence-electron chi connectivity index (χ2n) is 5.40. The monoisotopic (exact) mass is 246 g/mol. The topological polar surface area (TPSA) is 49.4 Å². The lowest BCUT2D eigenvalue weighted by molar-refractivity contribution is 0.120. The van der Waals surface area contributed by atoms with Gasteiger partial charge in [0.2, 0.25) is 0 Å². The number of sulfone groups is 1. The summed E-state index contributed by atoms with van der Waals surface area (Å²) in [6, 6.07) is 0.284. The van der Waals surface area contributed by atoms with E-state index in [0.717, 1.165) is 32.4 Å². The molecule has 94 valence electrons. The Labute approximate surface area is 98.3 Å². The van der Waals surface area contributed by atoms with Crippen LogP contribution in [0.2, 0.25) is 0 Å². The van der Waals surface area contributed by atoms with Crippen molar-refractivity contribution in [1.29, 1.82) is 0 Å². The van der Waals surface area contributed by atoms with Crippen LogP contribution < -0.4 is 5.32 Å². The second kappa shape index (κ2) is 4.27.